The number of aromatic nitrogens is 2. The van der Waals surface area contributed by atoms with Gasteiger partial charge in [-0.25, -0.2) is 9.97 Å². The Balaban J connectivity index is 1.77. The van der Waals surface area contributed by atoms with E-state index in [0.29, 0.717) is 12.0 Å². The van der Waals surface area contributed by atoms with Gasteiger partial charge in [0.05, 0.1) is 0 Å². The minimum atomic E-state index is -0.696. The van der Waals surface area contributed by atoms with Crippen molar-refractivity contribution in [1.29, 1.82) is 0 Å². The molecule has 0 radical (unpaired) electrons. The van der Waals surface area contributed by atoms with E-state index < -0.39 is 5.97 Å². The average Bonchev–Trinajstić information content (AvgIpc) is 2.68. The number of piperidine rings is 1. The third-order valence-electron chi connectivity index (χ3n) is 6.21. The maximum Gasteiger partial charge on any atom is 0.303 e. The van der Waals surface area contributed by atoms with Crippen LogP contribution in [0.2, 0.25) is 0 Å². The first-order valence-corrected chi connectivity index (χ1v) is 10.7. The summed E-state index contributed by atoms with van der Waals surface area (Å²) in [4.78, 5) is 27.8. The second-order valence-corrected chi connectivity index (χ2v) is 8.35. The van der Waals surface area contributed by atoms with E-state index in [-0.39, 0.29) is 6.42 Å². The molecule has 1 N–H and O–H groups in total. The highest BCUT2D eigenvalue weighted by Crippen LogP contribution is 2.31. The van der Waals surface area contributed by atoms with Crippen LogP contribution in [-0.2, 0) is 11.2 Å². The topological polar surface area (TPSA) is 72.8 Å². The Bertz CT molecular complexity index is 660. The highest BCUT2D eigenvalue weighted by molar-refractivity contribution is 5.66. The molecule has 1 aromatic rings. The van der Waals surface area contributed by atoms with E-state index in [1.54, 1.807) is 0 Å². The quantitative estimate of drug-likeness (QED) is 0.765. The number of nitrogens with zero attached hydrogens (tertiary/aromatic N) is 5. The summed E-state index contributed by atoms with van der Waals surface area (Å²) in [7, 11) is 2.18. The Hall–Kier alpha value is -1.73. The van der Waals surface area contributed by atoms with Crippen LogP contribution in [-0.4, -0.2) is 83.2 Å². The van der Waals surface area contributed by atoms with Gasteiger partial charge in [-0.15, -0.1) is 0 Å². The molecule has 156 valence electrons. The summed E-state index contributed by atoms with van der Waals surface area (Å²) in [6.07, 6.45) is 6.07. The Morgan fingerprint density at radius 3 is 2.68 bits per heavy atom. The van der Waals surface area contributed by atoms with Crippen molar-refractivity contribution >= 4 is 11.8 Å². The average molecular weight is 390 g/mol. The molecule has 2 aliphatic rings. The molecule has 3 heterocycles. The monoisotopic (exact) mass is 389 g/mol. The first-order chi connectivity index (χ1) is 13.5. The lowest BCUT2D eigenvalue weighted by molar-refractivity contribution is -0.137. The molecule has 2 fully saturated rings. The number of likely N-dealkylation sites (N-methyl/N-ethyl adjacent to an activating group) is 1. The van der Waals surface area contributed by atoms with Crippen molar-refractivity contribution in [3.05, 3.63) is 17.6 Å². The summed E-state index contributed by atoms with van der Waals surface area (Å²) in [6, 6.07) is 0.474. The molecule has 0 bridgehead atoms. The second-order valence-electron chi connectivity index (χ2n) is 8.35. The van der Waals surface area contributed by atoms with Crippen LogP contribution in [0.5, 0.6) is 0 Å². The summed E-state index contributed by atoms with van der Waals surface area (Å²) in [5.41, 5.74) is 1.21. The minimum absolute atomic E-state index is 0.243. The van der Waals surface area contributed by atoms with Gasteiger partial charge >= 0.3 is 5.97 Å². The second kappa shape index (κ2) is 9.65. The van der Waals surface area contributed by atoms with E-state index >= 15 is 0 Å². The van der Waals surface area contributed by atoms with Crippen LogP contribution in [0, 0.1) is 12.8 Å². The first kappa shape index (κ1) is 21.0. The van der Waals surface area contributed by atoms with E-state index in [4.69, 9.17) is 4.98 Å². The van der Waals surface area contributed by atoms with E-state index in [1.807, 2.05) is 13.1 Å². The molecule has 2 atom stereocenters. The van der Waals surface area contributed by atoms with Crippen molar-refractivity contribution in [2.24, 2.45) is 5.92 Å². The van der Waals surface area contributed by atoms with Crippen LogP contribution in [0.25, 0.3) is 0 Å². The summed E-state index contributed by atoms with van der Waals surface area (Å²) in [5.74, 6) is 1.53. The summed E-state index contributed by atoms with van der Waals surface area (Å²) in [6.45, 7) is 10.3. The number of carboxylic acids is 1. The van der Waals surface area contributed by atoms with Crippen LogP contribution >= 0.6 is 0 Å². The summed E-state index contributed by atoms with van der Waals surface area (Å²) in [5, 5.41) is 9.25. The third kappa shape index (κ3) is 5.20. The zero-order chi connectivity index (χ0) is 20.1. The van der Waals surface area contributed by atoms with Gasteiger partial charge in [0.1, 0.15) is 11.6 Å². The van der Waals surface area contributed by atoms with Gasteiger partial charge in [-0.1, -0.05) is 13.3 Å². The molecule has 2 aliphatic heterocycles. The van der Waals surface area contributed by atoms with E-state index in [1.165, 1.54) is 5.56 Å². The molecule has 3 rings (SSSR count). The molecule has 1 aromatic heterocycles. The molecule has 0 aromatic carbocycles. The van der Waals surface area contributed by atoms with Gasteiger partial charge in [-0.3, -0.25) is 9.69 Å². The highest BCUT2D eigenvalue weighted by atomic mass is 16.4. The van der Waals surface area contributed by atoms with Crippen molar-refractivity contribution in [1.82, 2.24) is 19.8 Å². The lowest BCUT2D eigenvalue weighted by atomic mass is 9.86. The SMILES string of the molecule is CCCc1cnc(C)nc1N1CC[C@H](N2CCN(C)CC2)[C@H](CCC(=O)O)C1. The minimum Gasteiger partial charge on any atom is -0.481 e. The van der Waals surface area contributed by atoms with Gasteiger partial charge < -0.3 is 14.9 Å². The molecular formula is C21H35N5O2. The fraction of sp³-hybridized carbons (Fsp3) is 0.762. The Morgan fingerprint density at radius 1 is 1.25 bits per heavy atom. The maximum absolute atomic E-state index is 11.2. The molecule has 0 saturated carbocycles. The van der Waals surface area contributed by atoms with Crippen LogP contribution in [0.3, 0.4) is 0 Å². The molecule has 0 spiro atoms. The summed E-state index contributed by atoms with van der Waals surface area (Å²) >= 11 is 0. The Labute approximate surface area is 168 Å². The van der Waals surface area contributed by atoms with Gasteiger partial charge in [0, 0.05) is 63.5 Å². The van der Waals surface area contributed by atoms with Crippen LogP contribution in [0.1, 0.15) is 44.0 Å². The van der Waals surface area contributed by atoms with Gasteiger partial charge in [-0.05, 0) is 39.2 Å². The van der Waals surface area contributed by atoms with Gasteiger partial charge in [0.2, 0.25) is 0 Å². The van der Waals surface area contributed by atoms with Gasteiger partial charge in [0.25, 0.3) is 0 Å². The van der Waals surface area contributed by atoms with Crippen LogP contribution in [0.4, 0.5) is 5.82 Å². The lowest BCUT2D eigenvalue weighted by Crippen LogP contribution is -2.56. The highest BCUT2D eigenvalue weighted by Gasteiger charge is 2.35. The number of hydrogen-bond donors (Lipinski definition) is 1. The van der Waals surface area contributed by atoms with E-state index in [9.17, 15) is 9.90 Å². The number of aryl methyl sites for hydroxylation is 2. The predicted octanol–water partition coefficient (Wildman–Crippen LogP) is 2.04. The number of carbonyl (C=O) groups is 1. The third-order valence-corrected chi connectivity index (χ3v) is 6.21. The standard InChI is InChI=1S/C21H35N5O2/c1-4-5-17-14-22-16(2)23-21(17)26-9-8-19(18(15-26)6-7-20(27)28)25-12-10-24(3)11-13-25/h14,18-19H,4-13,15H2,1-3H3,(H,27,28)/t18-,19+/m1/s1. The molecule has 2 saturated heterocycles. The number of anilines is 1. The largest absolute Gasteiger partial charge is 0.481 e. The zero-order valence-electron chi connectivity index (χ0n) is 17.6. The molecule has 0 aliphatic carbocycles. The Morgan fingerprint density at radius 2 is 2.00 bits per heavy atom. The maximum atomic E-state index is 11.2. The molecule has 7 heteroatoms. The number of aliphatic carboxylic acids is 1. The molecule has 28 heavy (non-hydrogen) atoms. The number of carboxylic acid groups (broad SMARTS) is 1. The molecule has 7 nitrogen and oxygen atoms in total. The van der Waals surface area contributed by atoms with E-state index in [2.05, 4.69) is 33.7 Å². The predicted molar refractivity (Wildman–Crippen MR) is 111 cm³/mol. The Kier molecular flexibility index (Phi) is 7.24. The van der Waals surface area contributed by atoms with Gasteiger partial charge in [-0.2, -0.15) is 0 Å². The van der Waals surface area contributed by atoms with Crippen molar-refractivity contribution in [2.45, 2.75) is 52.0 Å². The van der Waals surface area contributed by atoms with Crippen molar-refractivity contribution in [3.8, 4) is 0 Å². The zero-order valence-corrected chi connectivity index (χ0v) is 17.6. The fourth-order valence-corrected chi connectivity index (χ4v) is 4.64. The number of piperazine rings is 1. The van der Waals surface area contributed by atoms with Crippen LogP contribution in [0.15, 0.2) is 6.20 Å². The van der Waals surface area contributed by atoms with Crippen LogP contribution < -0.4 is 4.90 Å². The van der Waals surface area contributed by atoms with Crippen molar-refractivity contribution in [3.63, 3.8) is 0 Å². The summed E-state index contributed by atoms with van der Waals surface area (Å²) < 4.78 is 0. The van der Waals surface area contributed by atoms with Gasteiger partial charge in [0.15, 0.2) is 0 Å². The van der Waals surface area contributed by atoms with E-state index in [0.717, 1.165) is 76.6 Å². The lowest BCUT2D eigenvalue weighted by Gasteiger charge is -2.47. The normalized spacial score (nSPS) is 24.5. The van der Waals surface area contributed by atoms with Crippen molar-refractivity contribution in [2.75, 3.05) is 51.2 Å². The first-order valence-electron chi connectivity index (χ1n) is 10.7. The van der Waals surface area contributed by atoms with Crippen molar-refractivity contribution < 1.29 is 9.90 Å². The number of hydrogen-bond acceptors (Lipinski definition) is 6. The molecule has 0 unspecified atom stereocenters. The fourth-order valence-electron chi connectivity index (χ4n) is 4.64. The molecular weight excluding hydrogens is 354 g/mol. The smallest absolute Gasteiger partial charge is 0.303 e. The number of rotatable bonds is 7. The molecule has 0 amide bonds.